The Labute approximate surface area is 167 Å². The third-order valence-electron chi connectivity index (χ3n) is 4.65. The van der Waals surface area contributed by atoms with Crippen LogP contribution >= 0.6 is 12.2 Å². The Morgan fingerprint density at radius 2 is 1.70 bits per heavy atom. The molecule has 2 amide bonds. The van der Waals surface area contributed by atoms with E-state index in [0.717, 1.165) is 12.1 Å². The lowest BCUT2D eigenvalue weighted by Gasteiger charge is -2.21. The minimum absolute atomic E-state index is 0.0424. The summed E-state index contributed by atoms with van der Waals surface area (Å²) in [5.41, 5.74) is 1.04. The van der Waals surface area contributed by atoms with Crippen LogP contribution in [0.5, 0.6) is 0 Å². The second kappa shape index (κ2) is 9.83. The van der Waals surface area contributed by atoms with Gasteiger partial charge in [-0.1, -0.05) is 32.1 Å². The fourth-order valence-electron chi connectivity index (χ4n) is 3.28. The number of carbonyl (C=O) groups excluding carboxylic acids is 2. The first-order valence-corrected chi connectivity index (χ1v) is 10.2. The van der Waals surface area contributed by atoms with Crippen molar-refractivity contribution in [1.82, 2.24) is 10.6 Å². The molecule has 1 aliphatic rings. The molecule has 148 valence electrons. The number of rotatable bonds is 5. The lowest BCUT2D eigenvalue weighted by Crippen LogP contribution is -2.40. The van der Waals surface area contributed by atoms with Gasteiger partial charge >= 0.3 is 0 Å². The van der Waals surface area contributed by atoms with Gasteiger partial charge in [0.25, 0.3) is 5.91 Å². The third-order valence-corrected chi connectivity index (χ3v) is 4.85. The monoisotopic (exact) mass is 389 g/mol. The fraction of sp³-hybridized carbons (Fsp3) is 0.571. The zero-order valence-electron chi connectivity index (χ0n) is 16.6. The standard InChI is InChI=1S/C21H31N3O2S/c1-21(2,3)24-19(26)16-10-12-17(13-11-16)22-20(27)23-18(25)14-9-15-7-5-4-6-8-15/h10-13,15H,4-9,14H2,1-3H3,(H,24,26)(H2,22,23,25,27). The zero-order chi connectivity index (χ0) is 19.9. The van der Waals surface area contributed by atoms with Crippen molar-refractivity contribution >= 4 is 34.8 Å². The van der Waals surface area contributed by atoms with Crippen LogP contribution in [0, 0.1) is 5.92 Å². The summed E-state index contributed by atoms with van der Waals surface area (Å²) in [4.78, 5) is 24.2. The summed E-state index contributed by atoms with van der Waals surface area (Å²) in [5, 5.41) is 8.94. The first-order valence-electron chi connectivity index (χ1n) is 9.76. The van der Waals surface area contributed by atoms with Gasteiger partial charge in [-0.25, -0.2) is 0 Å². The number of anilines is 1. The van der Waals surface area contributed by atoms with E-state index in [-0.39, 0.29) is 22.5 Å². The third kappa shape index (κ3) is 8.08. The van der Waals surface area contributed by atoms with Gasteiger partial charge in [-0.15, -0.1) is 0 Å². The topological polar surface area (TPSA) is 70.2 Å². The van der Waals surface area contributed by atoms with Crippen LogP contribution in [0.3, 0.4) is 0 Å². The molecule has 1 aromatic rings. The van der Waals surface area contributed by atoms with Crippen molar-refractivity contribution in [2.75, 3.05) is 5.32 Å². The van der Waals surface area contributed by atoms with Crippen molar-refractivity contribution in [3.63, 3.8) is 0 Å². The summed E-state index contributed by atoms with van der Waals surface area (Å²) in [6, 6.07) is 7.02. The van der Waals surface area contributed by atoms with Gasteiger partial charge in [0, 0.05) is 23.2 Å². The Balaban J connectivity index is 1.76. The quantitative estimate of drug-likeness (QED) is 0.653. The molecule has 0 aromatic heterocycles. The lowest BCUT2D eigenvalue weighted by atomic mass is 9.86. The molecule has 0 bridgehead atoms. The predicted molar refractivity (Wildman–Crippen MR) is 114 cm³/mol. The molecule has 0 unspecified atom stereocenters. The van der Waals surface area contributed by atoms with E-state index in [1.165, 1.54) is 32.1 Å². The van der Waals surface area contributed by atoms with Gasteiger partial charge in [0.2, 0.25) is 5.91 Å². The minimum atomic E-state index is -0.280. The van der Waals surface area contributed by atoms with Gasteiger partial charge in [0.15, 0.2) is 5.11 Å². The highest BCUT2D eigenvalue weighted by Gasteiger charge is 2.16. The lowest BCUT2D eigenvalue weighted by molar-refractivity contribution is -0.120. The second-order valence-electron chi connectivity index (χ2n) is 8.33. The summed E-state index contributed by atoms with van der Waals surface area (Å²) < 4.78 is 0. The maximum absolute atomic E-state index is 12.1. The van der Waals surface area contributed by atoms with Gasteiger partial charge in [-0.05, 0) is 69.6 Å². The second-order valence-corrected chi connectivity index (χ2v) is 8.73. The molecule has 27 heavy (non-hydrogen) atoms. The van der Waals surface area contributed by atoms with Crippen molar-refractivity contribution in [2.24, 2.45) is 5.92 Å². The number of hydrogen-bond acceptors (Lipinski definition) is 3. The van der Waals surface area contributed by atoms with Crippen LogP contribution in [-0.4, -0.2) is 22.5 Å². The van der Waals surface area contributed by atoms with Crippen LogP contribution < -0.4 is 16.0 Å². The van der Waals surface area contributed by atoms with E-state index in [1.54, 1.807) is 24.3 Å². The number of carbonyl (C=O) groups is 2. The van der Waals surface area contributed by atoms with Crippen LogP contribution in [0.4, 0.5) is 5.69 Å². The molecule has 1 aromatic carbocycles. The maximum Gasteiger partial charge on any atom is 0.251 e. The number of amides is 2. The molecule has 3 N–H and O–H groups in total. The Bertz CT molecular complexity index is 659. The van der Waals surface area contributed by atoms with Crippen LogP contribution in [0.1, 0.15) is 76.1 Å². The van der Waals surface area contributed by atoms with Crippen LogP contribution in [0.2, 0.25) is 0 Å². The number of benzene rings is 1. The highest BCUT2D eigenvalue weighted by Crippen LogP contribution is 2.27. The Morgan fingerprint density at radius 3 is 2.30 bits per heavy atom. The van der Waals surface area contributed by atoms with Gasteiger partial charge in [-0.2, -0.15) is 0 Å². The molecule has 5 nitrogen and oxygen atoms in total. The van der Waals surface area contributed by atoms with Gasteiger partial charge < -0.3 is 16.0 Å². The molecular formula is C21H31N3O2S. The van der Waals surface area contributed by atoms with E-state index < -0.39 is 0 Å². The molecule has 0 saturated heterocycles. The van der Waals surface area contributed by atoms with Crippen LogP contribution in [-0.2, 0) is 4.79 Å². The molecule has 0 radical (unpaired) electrons. The summed E-state index contributed by atoms with van der Waals surface area (Å²) in [5.74, 6) is 0.518. The molecule has 2 rings (SSSR count). The van der Waals surface area contributed by atoms with Gasteiger partial charge in [0.1, 0.15) is 0 Å². The first kappa shape index (κ1) is 21.4. The molecule has 0 aliphatic heterocycles. The number of thiocarbonyl (C=S) groups is 1. The van der Waals surface area contributed by atoms with E-state index in [1.807, 2.05) is 20.8 Å². The highest BCUT2D eigenvalue weighted by atomic mass is 32.1. The van der Waals surface area contributed by atoms with Crippen molar-refractivity contribution < 1.29 is 9.59 Å². The van der Waals surface area contributed by atoms with Crippen molar-refractivity contribution in [2.45, 2.75) is 71.3 Å². The van der Waals surface area contributed by atoms with E-state index in [0.29, 0.717) is 17.9 Å². The predicted octanol–water partition coefficient (Wildman–Crippen LogP) is 4.39. The van der Waals surface area contributed by atoms with Crippen molar-refractivity contribution in [1.29, 1.82) is 0 Å². The minimum Gasteiger partial charge on any atom is -0.347 e. The molecule has 1 aliphatic carbocycles. The van der Waals surface area contributed by atoms with Crippen LogP contribution in [0.15, 0.2) is 24.3 Å². The van der Waals surface area contributed by atoms with E-state index >= 15 is 0 Å². The first-order chi connectivity index (χ1) is 12.7. The van der Waals surface area contributed by atoms with Gasteiger partial charge in [0.05, 0.1) is 0 Å². The number of nitrogens with one attached hydrogen (secondary N) is 3. The molecule has 0 heterocycles. The molecule has 1 fully saturated rings. The van der Waals surface area contributed by atoms with Gasteiger partial charge in [-0.3, -0.25) is 9.59 Å². The largest absolute Gasteiger partial charge is 0.347 e. The average molecular weight is 390 g/mol. The smallest absolute Gasteiger partial charge is 0.251 e. The summed E-state index contributed by atoms with van der Waals surface area (Å²) >= 11 is 5.22. The SMILES string of the molecule is CC(C)(C)NC(=O)c1ccc(NC(=S)NC(=O)CCC2CCCCC2)cc1. The van der Waals surface area contributed by atoms with E-state index in [2.05, 4.69) is 16.0 Å². The molecular weight excluding hydrogens is 358 g/mol. The van der Waals surface area contributed by atoms with E-state index in [4.69, 9.17) is 12.2 Å². The molecule has 0 atom stereocenters. The fourth-order valence-corrected chi connectivity index (χ4v) is 3.51. The summed E-state index contributed by atoms with van der Waals surface area (Å²) in [6.45, 7) is 5.82. The van der Waals surface area contributed by atoms with E-state index in [9.17, 15) is 9.59 Å². The summed E-state index contributed by atoms with van der Waals surface area (Å²) in [7, 11) is 0. The maximum atomic E-state index is 12.1. The molecule has 0 spiro atoms. The van der Waals surface area contributed by atoms with Crippen molar-refractivity contribution in [3.8, 4) is 0 Å². The molecule has 6 heteroatoms. The zero-order valence-corrected chi connectivity index (χ0v) is 17.4. The Morgan fingerprint density at radius 1 is 1.07 bits per heavy atom. The number of hydrogen-bond donors (Lipinski definition) is 3. The van der Waals surface area contributed by atoms with Crippen molar-refractivity contribution in [3.05, 3.63) is 29.8 Å². The molecule has 1 saturated carbocycles. The Hall–Kier alpha value is -1.95. The normalized spacial score (nSPS) is 15.1. The Kier molecular flexibility index (Phi) is 7.78. The summed E-state index contributed by atoms with van der Waals surface area (Å²) in [6.07, 6.45) is 7.83. The average Bonchev–Trinajstić information content (AvgIpc) is 2.60. The van der Waals surface area contributed by atoms with Crippen LogP contribution in [0.25, 0.3) is 0 Å². The highest BCUT2D eigenvalue weighted by molar-refractivity contribution is 7.80.